The lowest BCUT2D eigenvalue weighted by Crippen LogP contribution is -2.36. The molecule has 270 valence electrons. The number of allylic oxidation sites excluding steroid dienone is 5. The Morgan fingerprint density at radius 3 is 2.10 bits per heavy atom. The van der Waals surface area contributed by atoms with Gasteiger partial charge in [-0.1, -0.05) is 87.3 Å². The minimum absolute atomic E-state index is 0.0382. The second kappa shape index (κ2) is 26.8. The number of hydrogen-bond acceptors (Lipinski definition) is 6. The molecule has 0 radical (unpaired) electrons. The molecule has 0 spiro atoms. The monoisotopic (exact) mass is 667 g/mol. The second-order valence-corrected chi connectivity index (χ2v) is 13.3. The van der Waals surface area contributed by atoms with Gasteiger partial charge >= 0.3 is 5.97 Å². The zero-order valence-corrected chi connectivity index (χ0v) is 30.6. The van der Waals surface area contributed by atoms with Crippen LogP contribution in [0.25, 0.3) is 6.08 Å². The van der Waals surface area contributed by atoms with E-state index < -0.39 is 5.97 Å². The first-order valence-corrected chi connectivity index (χ1v) is 18.2. The number of rotatable bonds is 26. The lowest BCUT2D eigenvalue weighted by atomic mass is 9.98. The topological polar surface area (TPSA) is 107 Å². The van der Waals surface area contributed by atoms with Crippen LogP contribution in [0, 0.1) is 0 Å². The number of hydrogen-bond donors (Lipinski definition) is 3. The minimum Gasteiger partial charge on any atom is -0.507 e. The Morgan fingerprint density at radius 2 is 1.48 bits per heavy atom. The molecule has 0 aliphatic heterocycles. The van der Waals surface area contributed by atoms with Gasteiger partial charge in [0.1, 0.15) is 12.4 Å². The van der Waals surface area contributed by atoms with Crippen LogP contribution in [0.15, 0.2) is 53.7 Å². The Labute approximate surface area is 291 Å². The maximum absolute atomic E-state index is 12.8. The summed E-state index contributed by atoms with van der Waals surface area (Å²) in [6.07, 6.45) is 25.3. The molecule has 1 rings (SSSR count). The highest BCUT2D eigenvalue weighted by molar-refractivity contribution is 5.87. The largest absolute Gasteiger partial charge is 0.507 e. The highest BCUT2D eigenvalue weighted by atomic mass is 16.5. The summed E-state index contributed by atoms with van der Waals surface area (Å²) >= 11 is 0. The van der Waals surface area contributed by atoms with Crippen molar-refractivity contribution in [2.75, 3.05) is 26.3 Å². The van der Waals surface area contributed by atoms with Gasteiger partial charge < -0.3 is 25.0 Å². The van der Waals surface area contributed by atoms with E-state index in [-0.39, 0.29) is 44.1 Å². The Morgan fingerprint density at radius 1 is 0.854 bits per heavy atom. The molecule has 7 nitrogen and oxygen atoms in total. The van der Waals surface area contributed by atoms with Gasteiger partial charge in [0.25, 0.3) is 0 Å². The van der Waals surface area contributed by atoms with E-state index in [1.807, 2.05) is 39.8 Å². The average Bonchev–Trinajstić information content (AvgIpc) is 3.05. The summed E-state index contributed by atoms with van der Waals surface area (Å²) < 4.78 is 5.38. The molecule has 1 atom stereocenters. The molecule has 0 fully saturated rings. The van der Waals surface area contributed by atoms with Gasteiger partial charge in [-0.25, -0.2) is 4.79 Å². The molecule has 0 aliphatic rings. The van der Waals surface area contributed by atoms with Gasteiger partial charge in [0, 0.05) is 19.0 Å². The summed E-state index contributed by atoms with van der Waals surface area (Å²) in [5, 5.41) is 30.3. The molecular weight excluding hydrogens is 602 g/mol. The molecule has 3 N–H and O–H groups in total. The van der Waals surface area contributed by atoms with Crippen LogP contribution in [-0.4, -0.2) is 64.5 Å². The molecule has 0 saturated heterocycles. The molecule has 1 aromatic rings. The van der Waals surface area contributed by atoms with Crippen LogP contribution in [0.3, 0.4) is 0 Å². The molecule has 0 bridgehead atoms. The van der Waals surface area contributed by atoms with Crippen LogP contribution in [0.2, 0.25) is 0 Å². The van der Waals surface area contributed by atoms with Crippen molar-refractivity contribution >= 4 is 18.0 Å². The van der Waals surface area contributed by atoms with Crippen molar-refractivity contribution in [2.45, 2.75) is 137 Å². The molecular formula is C41H65NO6. The predicted octanol–water partition coefficient (Wildman–Crippen LogP) is 8.80. The first-order chi connectivity index (χ1) is 23.1. The molecule has 1 amide bonds. The average molecular weight is 668 g/mol. The Kier molecular flexibility index (Phi) is 23.9. The minimum atomic E-state index is -0.510. The molecule has 0 saturated carbocycles. The normalized spacial score (nSPS) is 12.0. The number of ether oxygens (including phenoxy) is 1. The summed E-state index contributed by atoms with van der Waals surface area (Å²) in [6, 6.07) is 3.76. The van der Waals surface area contributed by atoms with Crippen LogP contribution in [0.5, 0.6) is 5.75 Å². The first kappa shape index (κ1) is 42.9. The van der Waals surface area contributed by atoms with Crippen molar-refractivity contribution < 1.29 is 29.6 Å². The highest BCUT2D eigenvalue weighted by Crippen LogP contribution is 2.28. The summed E-state index contributed by atoms with van der Waals surface area (Å²) in [5.74, 6) is -0.268. The van der Waals surface area contributed by atoms with Crippen LogP contribution in [-0.2, 0) is 27.2 Å². The number of esters is 1. The third-order valence-corrected chi connectivity index (χ3v) is 8.22. The SMILES string of the molecule is CCCCCC[C@H](O)C/C=C\CCCCCCCC(=O)N(CCO)CCOC(=O)/C=C/c1cc(CC=C(C)C)c(O)c(CC=C(C)C)c1. The number of unbranched alkanes of at least 4 members (excludes halogenated alkanes) is 8. The molecule has 0 aliphatic carbocycles. The molecule has 0 aromatic heterocycles. The molecule has 0 heterocycles. The molecule has 7 heteroatoms. The van der Waals surface area contributed by atoms with Crippen molar-refractivity contribution in [3.05, 3.63) is 70.3 Å². The fourth-order valence-corrected chi connectivity index (χ4v) is 5.30. The number of aliphatic hydroxyl groups excluding tert-OH is 2. The van der Waals surface area contributed by atoms with Gasteiger partial charge in [-0.2, -0.15) is 0 Å². The van der Waals surface area contributed by atoms with Crippen molar-refractivity contribution in [1.82, 2.24) is 4.90 Å². The summed E-state index contributed by atoms with van der Waals surface area (Å²) in [4.78, 5) is 26.8. The summed E-state index contributed by atoms with van der Waals surface area (Å²) in [6.45, 7) is 10.6. The smallest absolute Gasteiger partial charge is 0.330 e. The van der Waals surface area contributed by atoms with Gasteiger partial charge in [0.05, 0.1) is 19.3 Å². The number of aliphatic hydroxyl groups is 2. The van der Waals surface area contributed by atoms with Crippen LogP contribution in [0.1, 0.15) is 135 Å². The Bertz CT molecular complexity index is 1130. The van der Waals surface area contributed by atoms with Crippen LogP contribution < -0.4 is 0 Å². The molecule has 0 unspecified atom stereocenters. The zero-order valence-electron chi connectivity index (χ0n) is 30.6. The maximum atomic E-state index is 12.8. The fraction of sp³-hybridized carbons (Fsp3) is 0.610. The second-order valence-electron chi connectivity index (χ2n) is 13.3. The quantitative estimate of drug-likeness (QED) is 0.0395. The number of nitrogens with zero attached hydrogens (tertiary/aromatic N) is 1. The molecule has 1 aromatic carbocycles. The van der Waals surface area contributed by atoms with E-state index in [0.717, 1.165) is 85.6 Å². The number of phenols is 1. The van der Waals surface area contributed by atoms with Crippen molar-refractivity contribution in [3.63, 3.8) is 0 Å². The van der Waals surface area contributed by atoms with Crippen molar-refractivity contribution in [3.8, 4) is 5.75 Å². The fourth-order valence-electron chi connectivity index (χ4n) is 5.30. The van der Waals surface area contributed by atoms with E-state index in [4.69, 9.17) is 4.74 Å². The number of phenolic OH excluding ortho intramolecular Hbond substituents is 1. The maximum Gasteiger partial charge on any atom is 0.330 e. The van der Waals surface area contributed by atoms with Gasteiger partial charge in [-0.05, 0) is 108 Å². The third kappa shape index (κ3) is 20.9. The van der Waals surface area contributed by atoms with Crippen LogP contribution >= 0.6 is 0 Å². The van der Waals surface area contributed by atoms with E-state index in [9.17, 15) is 24.9 Å². The summed E-state index contributed by atoms with van der Waals surface area (Å²) in [7, 11) is 0. The Balaban J connectivity index is 2.44. The number of carbonyl (C=O) groups is 2. The number of carbonyl (C=O) groups excluding carboxylic acids is 2. The summed E-state index contributed by atoms with van der Waals surface area (Å²) in [5.41, 5.74) is 4.73. The van der Waals surface area contributed by atoms with E-state index in [0.29, 0.717) is 19.3 Å². The predicted molar refractivity (Wildman–Crippen MR) is 199 cm³/mol. The van der Waals surface area contributed by atoms with E-state index in [2.05, 4.69) is 31.2 Å². The first-order valence-electron chi connectivity index (χ1n) is 18.2. The van der Waals surface area contributed by atoms with Gasteiger partial charge in [-0.15, -0.1) is 0 Å². The molecule has 48 heavy (non-hydrogen) atoms. The third-order valence-electron chi connectivity index (χ3n) is 8.22. The number of aromatic hydroxyl groups is 1. The van der Waals surface area contributed by atoms with Gasteiger partial charge in [0.15, 0.2) is 0 Å². The van der Waals surface area contributed by atoms with Gasteiger partial charge in [-0.3, -0.25) is 4.79 Å². The van der Waals surface area contributed by atoms with E-state index in [1.54, 1.807) is 11.0 Å². The Hall–Kier alpha value is -3.16. The highest BCUT2D eigenvalue weighted by Gasteiger charge is 2.14. The van der Waals surface area contributed by atoms with E-state index in [1.165, 1.54) is 25.3 Å². The standard InChI is InChI=1S/C41H65NO6/c1-6-7-8-15-18-38(44)19-16-13-11-9-10-12-14-17-20-39(45)42(27-29-43)28-30-48-40(46)26-23-35-31-36(24-21-33(2)3)41(47)37(32-35)25-22-34(4)5/h13,16,21-23,26,31-32,38,43-44,47H,6-12,14-15,17-20,24-25,27-30H2,1-5H3/b16-13-,26-23+/t38-/m0/s1. The van der Waals surface area contributed by atoms with Gasteiger partial charge in [0.2, 0.25) is 5.91 Å². The van der Waals surface area contributed by atoms with Crippen molar-refractivity contribution in [1.29, 1.82) is 0 Å². The zero-order chi connectivity index (χ0) is 35.6. The number of amides is 1. The lowest BCUT2D eigenvalue weighted by Gasteiger charge is -2.21. The lowest BCUT2D eigenvalue weighted by molar-refractivity contribution is -0.141. The van der Waals surface area contributed by atoms with E-state index >= 15 is 0 Å². The van der Waals surface area contributed by atoms with Crippen molar-refractivity contribution in [2.24, 2.45) is 0 Å². The van der Waals surface area contributed by atoms with Crippen LogP contribution in [0.4, 0.5) is 0 Å². The number of benzene rings is 1.